The maximum atomic E-state index is 13.0. The number of hydrogen-bond acceptors (Lipinski definition) is 5. The van der Waals surface area contributed by atoms with E-state index in [2.05, 4.69) is 10.3 Å². The van der Waals surface area contributed by atoms with E-state index in [9.17, 15) is 18.8 Å². The van der Waals surface area contributed by atoms with Crippen molar-refractivity contribution in [1.82, 2.24) is 14.1 Å². The predicted molar refractivity (Wildman–Crippen MR) is 117 cm³/mol. The normalized spacial score (nSPS) is 10.8. The minimum absolute atomic E-state index is 0.0541. The first-order valence-electron chi connectivity index (χ1n) is 9.69. The van der Waals surface area contributed by atoms with Crippen molar-refractivity contribution in [3.05, 3.63) is 98.6 Å². The van der Waals surface area contributed by atoms with Gasteiger partial charge < -0.3 is 10.1 Å². The third-order valence-corrected chi connectivity index (χ3v) is 4.95. The number of nitrogens with one attached hydrogen (secondary N) is 1. The highest BCUT2D eigenvalue weighted by Gasteiger charge is 2.14. The Hall–Kier alpha value is -4.27. The van der Waals surface area contributed by atoms with E-state index in [-0.39, 0.29) is 29.2 Å². The van der Waals surface area contributed by atoms with E-state index >= 15 is 0 Å². The van der Waals surface area contributed by atoms with Crippen LogP contribution in [0.4, 0.5) is 10.1 Å². The number of carbonyl (C=O) groups is 1. The summed E-state index contributed by atoms with van der Waals surface area (Å²) in [6.07, 6.45) is 0. The van der Waals surface area contributed by atoms with E-state index in [0.717, 1.165) is 10.1 Å². The number of pyridine rings is 1. The fourth-order valence-corrected chi connectivity index (χ4v) is 3.19. The quantitative estimate of drug-likeness (QED) is 0.521. The van der Waals surface area contributed by atoms with Crippen molar-refractivity contribution < 1.29 is 13.9 Å². The molecule has 0 saturated carbocycles. The number of ether oxygens (including phenoxy) is 1. The topological polar surface area (TPSA) is 95.2 Å². The number of hydrogen-bond donors (Lipinski definition) is 1. The molecule has 4 aromatic rings. The Balaban J connectivity index is 1.53. The summed E-state index contributed by atoms with van der Waals surface area (Å²) in [5.74, 6) is -0.304. The molecule has 32 heavy (non-hydrogen) atoms. The highest BCUT2D eigenvalue weighted by molar-refractivity contribution is 6.03. The predicted octanol–water partition coefficient (Wildman–Crippen LogP) is 2.60. The second-order valence-corrected chi connectivity index (χ2v) is 7.17. The fraction of sp³-hybridized carbons (Fsp3) is 0.130. The van der Waals surface area contributed by atoms with Crippen LogP contribution in [0.3, 0.4) is 0 Å². The van der Waals surface area contributed by atoms with Crippen LogP contribution < -0.4 is 21.3 Å². The second kappa shape index (κ2) is 8.46. The molecule has 0 atom stereocenters. The van der Waals surface area contributed by atoms with Gasteiger partial charge in [-0.2, -0.15) is 0 Å². The van der Waals surface area contributed by atoms with Crippen LogP contribution in [0.25, 0.3) is 11.0 Å². The Morgan fingerprint density at radius 3 is 2.53 bits per heavy atom. The highest BCUT2D eigenvalue weighted by Crippen LogP contribution is 2.19. The molecule has 2 aromatic carbocycles. The standard InChI is InChI=1S/C23H19FN4O4/c1-27-20-18(22(30)28(2)23(27)31)10-11-19(26-20)21(29)25-16-4-3-5-17(12-16)32-13-14-6-8-15(24)9-7-14/h3-12H,13H2,1-2H3,(H,25,29). The lowest BCUT2D eigenvalue weighted by Crippen LogP contribution is -2.37. The minimum atomic E-state index is -0.529. The summed E-state index contributed by atoms with van der Waals surface area (Å²) in [7, 11) is 2.87. The molecule has 0 bridgehead atoms. The summed E-state index contributed by atoms with van der Waals surface area (Å²) in [6, 6.07) is 15.7. The molecule has 0 aliphatic heterocycles. The number of rotatable bonds is 5. The molecule has 9 heteroatoms. The first-order valence-corrected chi connectivity index (χ1v) is 9.69. The van der Waals surface area contributed by atoms with Gasteiger partial charge in [0.15, 0.2) is 0 Å². The summed E-state index contributed by atoms with van der Waals surface area (Å²) < 4.78 is 20.9. The Kier molecular flexibility index (Phi) is 5.55. The Bertz CT molecular complexity index is 1440. The lowest BCUT2D eigenvalue weighted by atomic mass is 10.2. The maximum Gasteiger partial charge on any atom is 0.332 e. The van der Waals surface area contributed by atoms with E-state index in [1.165, 1.54) is 42.9 Å². The summed E-state index contributed by atoms with van der Waals surface area (Å²) in [4.78, 5) is 41.3. The number of nitrogens with zero attached hydrogens (tertiary/aromatic N) is 3. The van der Waals surface area contributed by atoms with Gasteiger partial charge in [0.05, 0.1) is 5.39 Å². The summed E-state index contributed by atoms with van der Waals surface area (Å²) >= 11 is 0. The zero-order valence-electron chi connectivity index (χ0n) is 17.3. The Labute approximate surface area is 181 Å². The van der Waals surface area contributed by atoms with Gasteiger partial charge in [-0.05, 0) is 42.0 Å². The molecule has 2 heterocycles. The molecular weight excluding hydrogens is 415 g/mol. The monoisotopic (exact) mass is 434 g/mol. The third-order valence-electron chi connectivity index (χ3n) is 4.95. The number of benzene rings is 2. The summed E-state index contributed by atoms with van der Waals surface area (Å²) in [5, 5.41) is 2.97. The second-order valence-electron chi connectivity index (χ2n) is 7.17. The van der Waals surface area contributed by atoms with Gasteiger partial charge in [0.2, 0.25) is 0 Å². The molecule has 1 N–H and O–H groups in total. The molecule has 1 amide bonds. The SMILES string of the molecule is Cn1c(=O)c2ccc(C(=O)Nc3cccc(OCc4ccc(F)cc4)c3)nc2n(C)c1=O. The van der Waals surface area contributed by atoms with E-state index in [1.807, 2.05) is 0 Å². The van der Waals surface area contributed by atoms with Crippen LogP contribution in [0.15, 0.2) is 70.3 Å². The molecule has 0 aliphatic rings. The fourth-order valence-electron chi connectivity index (χ4n) is 3.19. The zero-order chi connectivity index (χ0) is 22.8. The van der Waals surface area contributed by atoms with Gasteiger partial charge in [-0.15, -0.1) is 0 Å². The minimum Gasteiger partial charge on any atom is -0.489 e. The molecule has 2 aromatic heterocycles. The maximum absolute atomic E-state index is 13.0. The lowest BCUT2D eigenvalue weighted by molar-refractivity contribution is 0.102. The zero-order valence-corrected chi connectivity index (χ0v) is 17.3. The van der Waals surface area contributed by atoms with Gasteiger partial charge in [-0.3, -0.25) is 18.7 Å². The number of fused-ring (bicyclic) bond motifs is 1. The molecular formula is C23H19FN4O4. The Morgan fingerprint density at radius 2 is 1.78 bits per heavy atom. The number of anilines is 1. The third kappa shape index (κ3) is 4.13. The Morgan fingerprint density at radius 1 is 1.03 bits per heavy atom. The van der Waals surface area contributed by atoms with Gasteiger partial charge in [-0.25, -0.2) is 14.2 Å². The first kappa shape index (κ1) is 21.0. The van der Waals surface area contributed by atoms with E-state index < -0.39 is 17.2 Å². The van der Waals surface area contributed by atoms with Gasteiger partial charge in [-0.1, -0.05) is 18.2 Å². The van der Waals surface area contributed by atoms with Crippen molar-refractivity contribution in [2.45, 2.75) is 6.61 Å². The van der Waals surface area contributed by atoms with Crippen molar-refractivity contribution in [1.29, 1.82) is 0 Å². The molecule has 4 rings (SSSR count). The van der Waals surface area contributed by atoms with Gasteiger partial charge in [0, 0.05) is 25.8 Å². The lowest BCUT2D eigenvalue weighted by Gasteiger charge is -2.10. The molecule has 162 valence electrons. The molecule has 0 radical (unpaired) electrons. The van der Waals surface area contributed by atoms with Crippen LogP contribution in [0.2, 0.25) is 0 Å². The van der Waals surface area contributed by atoms with Gasteiger partial charge in [0.1, 0.15) is 29.5 Å². The highest BCUT2D eigenvalue weighted by atomic mass is 19.1. The molecule has 0 spiro atoms. The number of halogens is 1. The smallest absolute Gasteiger partial charge is 0.332 e. The van der Waals surface area contributed by atoms with Crippen LogP contribution in [0, 0.1) is 5.82 Å². The van der Waals surface area contributed by atoms with Crippen LogP contribution in [-0.2, 0) is 20.7 Å². The van der Waals surface area contributed by atoms with Crippen molar-refractivity contribution >= 4 is 22.6 Å². The molecule has 0 saturated heterocycles. The number of carbonyl (C=O) groups excluding carboxylic acids is 1. The van der Waals surface area contributed by atoms with Gasteiger partial charge >= 0.3 is 5.69 Å². The van der Waals surface area contributed by atoms with E-state index in [0.29, 0.717) is 11.4 Å². The van der Waals surface area contributed by atoms with Crippen molar-refractivity contribution in [2.24, 2.45) is 14.1 Å². The van der Waals surface area contributed by atoms with E-state index in [1.54, 1.807) is 36.4 Å². The average molecular weight is 434 g/mol. The van der Waals surface area contributed by atoms with E-state index in [4.69, 9.17) is 4.74 Å². The van der Waals surface area contributed by atoms with Crippen molar-refractivity contribution in [3.63, 3.8) is 0 Å². The molecule has 8 nitrogen and oxygen atoms in total. The number of aromatic nitrogens is 3. The first-order chi connectivity index (χ1) is 15.3. The van der Waals surface area contributed by atoms with Gasteiger partial charge in [0.25, 0.3) is 11.5 Å². The summed E-state index contributed by atoms with van der Waals surface area (Å²) in [5.41, 5.74) is 0.456. The number of aryl methyl sites for hydroxylation is 1. The van der Waals surface area contributed by atoms with Crippen LogP contribution in [0.1, 0.15) is 16.1 Å². The average Bonchev–Trinajstić information content (AvgIpc) is 2.81. The van der Waals surface area contributed by atoms with Crippen LogP contribution in [-0.4, -0.2) is 20.0 Å². The number of amides is 1. The molecule has 0 fully saturated rings. The van der Waals surface area contributed by atoms with Crippen LogP contribution >= 0.6 is 0 Å². The largest absolute Gasteiger partial charge is 0.489 e. The molecule has 0 unspecified atom stereocenters. The molecule has 0 aliphatic carbocycles. The van der Waals surface area contributed by atoms with Crippen LogP contribution in [0.5, 0.6) is 5.75 Å². The van der Waals surface area contributed by atoms with Crippen molar-refractivity contribution in [3.8, 4) is 5.75 Å². The van der Waals surface area contributed by atoms with Crippen molar-refractivity contribution in [2.75, 3.05) is 5.32 Å². The summed E-state index contributed by atoms with van der Waals surface area (Å²) in [6.45, 7) is 0.243.